The Bertz CT molecular complexity index is 698. The lowest BCUT2D eigenvalue weighted by molar-refractivity contribution is -0.129. The third-order valence-electron chi connectivity index (χ3n) is 3.98. The number of amides is 2. The van der Waals surface area contributed by atoms with Gasteiger partial charge in [0.15, 0.2) is 0 Å². The second kappa shape index (κ2) is 7.85. The van der Waals surface area contributed by atoms with Gasteiger partial charge in [0.1, 0.15) is 0 Å². The molecule has 126 valence electrons. The van der Waals surface area contributed by atoms with Gasteiger partial charge >= 0.3 is 0 Å². The van der Waals surface area contributed by atoms with Crippen LogP contribution in [-0.4, -0.2) is 29.0 Å². The average Bonchev–Trinajstić information content (AvgIpc) is 3.24. The normalized spacial score (nSPS) is 17.0. The molecule has 1 aliphatic rings. The van der Waals surface area contributed by atoms with Gasteiger partial charge in [0, 0.05) is 28.9 Å². The molecular weight excluding hydrogens is 340 g/mol. The van der Waals surface area contributed by atoms with Crippen LogP contribution in [0.2, 0.25) is 0 Å². The molecule has 1 aromatic carbocycles. The predicted octanol–water partition coefficient (Wildman–Crippen LogP) is 4.16. The number of hydrogen-bond donors (Lipinski definition) is 1. The zero-order valence-electron chi connectivity index (χ0n) is 13.5. The SMILES string of the molecule is CC(=O)Nc1ccc(SCC(=O)N2CCC[C@@H]2c2cccs2)cc1. The quantitative estimate of drug-likeness (QED) is 0.815. The summed E-state index contributed by atoms with van der Waals surface area (Å²) in [5.74, 6) is 0.558. The Hall–Kier alpha value is -1.79. The fourth-order valence-electron chi connectivity index (χ4n) is 2.91. The zero-order chi connectivity index (χ0) is 16.9. The molecule has 0 aliphatic carbocycles. The van der Waals surface area contributed by atoms with Crippen LogP contribution in [0.5, 0.6) is 0 Å². The average molecular weight is 361 g/mol. The number of likely N-dealkylation sites (tertiary alicyclic amines) is 1. The first-order chi connectivity index (χ1) is 11.6. The van der Waals surface area contributed by atoms with Crippen molar-refractivity contribution in [3.05, 3.63) is 46.7 Å². The van der Waals surface area contributed by atoms with Gasteiger partial charge in [-0.15, -0.1) is 23.1 Å². The smallest absolute Gasteiger partial charge is 0.233 e. The van der Waals surface area contributed by atoms with Gasteiger partial charge in [0.05, 0.1) is 11.8 Å². The summed E-state index contributed by atoms with van der Waals surface area (Å²) in [7, 11) is 0. The monoisotopic (exact) mass is 360 g/mol. The Morgan fingerprint density at radius 2 is 2.08 bits per heavy atom. The molecule has 1 N–H and O–H groups in total. The molecule has 1 aliphatic heterocycles. The highest BCUT2D eigenvalue weighted by Crippen LogP contribution is 2.35. The van der Waals surface area contributed by atoms with Gasteiger partial charge in [-0.05, 0) is 48.6 Å². The van der Waals surface area contributed by atoms with E-state index in [2.05, 4.69) is 16.8 Å². The molecular formula is C18H20N2O2S2. The van der Waals surface area contributed by atoms with Crippen molar-refractivity contribution in [2.24, 2.45) is 0 Å². The molecule has 1 fully saturated rings. The van der Waals surface area contributed by atoms with E-state index in [1.165, 1.54) is 11.8 Å². The Labute approximate surface area is 150 Å². The fraction of sp³-hybridized carbons (Fsp3) is 0.333. The summed E-state index contributed by atoms with van der Waals surface area (Å²) in [6.07, 6.45) is 2.13. The second-order valence-electron chi connectivity index (χ2n) is 5.75. The molecule has 0 radical (unpaired) electrons. The van der Waals surface area contributed by atoms with Crippen molar-refractivity contribution in [1.82, 2.24) is 4.90 Å². The Kier molecular flexibility index (Phi) is 5.58. The molecule has 2 amide bonds. The molecule has 0 saturated carbocycles. The third kappa shape index (κ3) is 4.19. The highest BCUT2D eigenvalue weighted by atomic mass is 32.2. The van der Waals surface area contributed by atoms with Crippen LogP contribution in [0.3, 0.4) is 0 Å². The Morgan fingerprint density at radius 1 is 1.29 bits per heavy atom. The number of benzene rings is 1. The summed E-state index contributed by atoms with van der Waals surface area (Å²) in [5.41, 5.74) is 0.774. The largest absolute Gasteiger partial charge is 0.334 e. The van der Waals surface area contributed by atoms with E-state index < -0.39 is 0 Å². The molecule has 2 aromatic rings. The highest BCUT2D eigenvalue weighted by Gasteiger charge is 2.30. The lowest BCUT2D eigenvalue weighted by atomic mass is 10.2. The van der Waals surface area contributed by atoms with E-state index in [0.717, 1.165) is 30.0 Å². The maximum absolute atomic E-state index is 12.6. The summed E-state index contributed by atoms with van der Waals surface area (Å²) in [6, 6.07) is 12.0. The molecule has 4 nitrogen and oxygen atoms in total. The molecule has 0 spiro atoms. The molecule has 24 heavy (non-hydrogen) atoms. The summed E-state index contributed by atoms with van der Waals surface area (Å²) < 4.78 is 0. The standard InChI is InChI=1S/C18H20N2O2S2/c1-13(21)19-14-6-8-15(9-7-14)24-12-18(22)20-10-2-4-16(20)17-5-3-11-23-17/h3,5-9,11,16H,2,4,10,12H2,1H3,(H,19,21)/t16-/m1/s1. The molecule has 1 aromatic heterocycles. The minimum Gasteiger partial charge on any atom is -0.334 e. The lowest BCUT2D eigenvalue weighted by Gasteiger charge is -2.23. The van der Waals surface area contributed by atoms with E-state index in [0.29, 0.717) is 5.75 Å². The summed E-state index contributed by atoms with van der Waals surface area (Å²) in [5, 5.41) is 4.81. The van der Waals surface area contributed by atoms with Crippen LogP contribution in [0, 0.1) is 0 Å². The first-order valence-corrected chi connectivity index (χ1v) is 9.83. The van der Waals surface area contributed by atoms with E-state index in [-0.39, 0.29) is 17.9 Å². The topological polar surface area (TPSA) is 49.4 Å². The Morgan fingerprint density at radius 3 is 2.75 bits per heavy atom. The fourth-order valence-corrected chi connectivity index (χ4v) is 4.57. The highest BCUT2D eigenvalue weighted by molar-refractivity contribution is 8.00. The van der Waals surface area contributed by atoms with Gasteiger partial charge in [-0.2, -0.15) is 0 Å². The van der Waals surface area contributed by atoms with E-state index in [9.17, 15) is 9.59 Å². The molecule has 1 saturated heterocycles. The van der Waals surface area contributed by atoms with Crippen LogP contribution >= 0.6 is 23.1 Å². The Balaban J connectivity index is 1.56. The minimum absolute atomic E-state index is 0.0840. The van der Waals surface area contributed by atoms with E-state index >= 15 is 0 Å². The predicted molar refractivity (Wildman–Crippen MR) is 99.5 cm³/mol. The molecule has 1 atom stereocenters. The van der Waals surface area contributed by atoms with Crippen LogP contribution < -0.4 is 5.32 Å². The van der Waals surface area contributed by atoms with E-state index in [1.807, 2.05) is 35.2 Å². The number of hydrogen-bond acceptors (Lipinski definition) is 4. The van der Waals surface area contributed by atoms with Crippen molar-refractivity contribution in [3.8, 4) is 0 Å². The van der Waals surface area contributed by atoms with Crippen molar-refractivity contribution in [2.75, 3.05) is 17.6 Å². The number of thiophene rings is 1. The van der Waals surface area contributed by atoms with Crippen LogP contribution in [0.4, 0.5) is 5.69 Å². The van der Waals surface area contributed by atoms with Gasteiger partial charge in [0.25, 0.3) is 0 Å². The van der Waals surface area contributed by atoms with Gasteiger partial charge in [-0.25, -0.2) is 0 Å². The number of anilines is 1. The number of thioether (sulfide) groups is 1. The van der Waals surface area contributed by atoms with Gasteiger partial charge < -0.3 is 10.2 Å². The number of nitrogens with one attached hydrogen (secondary N) is 1. The van der Waals surface area contributed by atoms with Crippen LogP contribution in [0.25, 0.3) is 0 Å². The van der Waals surface area contributed by atoms with Crippen LogP contribution in [0.15, 0.2) is 46.7 Å². The summed E-state index contributed by atoms with van der Waals surface area (Å²) in [4.78, 5) is 27.9. The van der Waals surface area contributed by atoms with E-state index in [4.69, 9.17) is 0 Å². The van der Waals surface area contributed by atoms with Crippen LogP contribution in [0.1, 0.15) is 30.7 Å². The molecule has 0 bridgehead atoms. The maximum Gasteiger partial charge on any atom is 0.233 e. The number of carbonyl (C=O) groups excluding carboxylic acids is 2. The van der Waals surface area contributed by atoms with Crippen molar-refractivity contribution in [1.29, 1.82) is 0 Å². The lowest BCUT2D eigenvalue weighted by Crippen LogP contribution is -2.31. The first kappa shape index (κ1) is 17.0. The first-order valence-electron chi connectivity index (χ1n) is 7.97. The van der Waals surface area contributed by atoms with Crippen molar-refractivity contribution < 1.29 is 9.59 Å². The molecule has 3 rings (SSSR count). The van der Waals surface area contributed by atoms with Gasteiger partial charge in [0.2, 0.25) is 11.8 Å². The molecule has 6 heteroatoms. The molecule has 2 heterocycles. The minimum atomic E-state index is -0.0840. The number of carbonyl (C=O) groups is 2. The van der Waals surface area contributed by atoms with Crippen LogP contribution in [-0.2, 0) is 9.59 Å². The number of rotatable bonds is 5. The van der Waals surface area contributed by atoms with Crippen molar-refractivity contribution >= 4 is 40.6 Å². The maximum atomic E-state index is 12.6. The second-order valence-corrected chi connectivity index (χ2v) is 7.78. The summed E-state index contributed by atoms with van der Waals surface area (Å²) >= 11 is 3.27. The zero-order valence-corrected chi connectivity index (χ0v) is 15.2. The van der Waals surface area contributed by atoms with Gasteiger partial charge in [-0.1, -0.05) is 6.07 Å². The summed E-state index contributed by atoms with van der Waals surface area (Å²) in [6.45, 7) is 2.34. The van der Waals surface area contributed by atoms with Gasteiger partial charge in [-0.3, -0.25) is 9.59 Å². The van der Waals surface area contributed by atoms with Crippen molar-refractivity contribution in [2.45, 2.75) is 30.7 Å². The number of nitrogens with zero attached hydrogens (tertiary/aromatic N) is 1. The third-order valence-corrected chi connectivity index (χ3v) is 5.95. The van der Waals surface area contributed by atoms with Crippen molar-refractivity contribution in [3.63, 3.8) is 0 Å². The van der Waals surface area contributed by atoms with E-state index in [1.54, 1.807) is 23.1 Å². The molecule has 0 unspecified atom stereocenters.